The summed E-state index contributed by atoms with van der Waals surface area (Å²) in [7, 11) is 0. The fourth-order valence-electron chi connectivity index (χ4n) is 2.54. The number of H-pyrrole nitrogens is 1. The molecular formula is C19H17N3OS2. The van der Waals surface area contributed by atoms with Crippen LogP contribution in [-0.2, 0) is 11.5 Å². The van der Waals surface area contributed by atoms with Crippen molar-refractivity contribution in [2.24, 2.45) is 0 Å². The maximum absolute atomic E-state index is 5.41. The first-order chi connectivity index (χ1) is 12.3. The van der Waals surface area contributed by atoms with Crippen LogP contribution >= 0.6 is 23.5 Å². The first-order valence-electron chi connectivity index (χ1n) is 7.97. The van der Waals surface area contributed by atoms with E-state index in [1.54, 1.807) is 29.8 Å². The summed E-state index contributed by atoms with van der Waals surface area (Å²) >= 11 is 3.46. The van der Waals surface area contributed by atoms with Crippen LogP contribution in [0.3, 0.4) is 0 Å². The van der Waals surface area contributed by atoms with E-state index in [0.717, 1.165) is 39.1 Å². The molecule has 126 valence electrons. The molecule has 0 aliphatic heterocycles. The van der Waals surface area contributed by atoms with Crippen molar-refractivity contribution in [3.05, 3.63) is 71.9 Å². The molecule has 0 spiro atoms. The van der Waals surface area contributed by atoms with Gasteiger partial charge in [0.25, 0.3) is 0 Å². The summed E-state index contributed by atoms with van der Waals surface area (Å²) in [5.41, 5.74) is 4.38. The van der Waals surface area contributed by atoms with Crippen molar-refractivity contribution in [1.29, 1.82) is 0 Å². The highest BCUT2D eigenvalue weighted by Crippen LogP contribution is 2.30. The summed E-state index contributed by atoms with van der Waals surface area (Å²) in [6.07, 6.45) is 3.59. The molecule has 4 nitrogen and oxygen atoms in total. The molecule has 0 unspecified atom stereocenters. The lowest BCUT2D eigenvalue weighted by Gasteiger charge is -2.09. The summed E-state index contributed by atoms with van der Waals surface area (Å²) in [5.74, 6) is 2.61. The molecule has 0 bridgehead atoms. The summed E-state index contributed by atoms with van der Waals surface area (Å²) in [6.45, 7) is 2.13. The summed E-state index contributed by atoms with van der Waals surface area (Å²) < 4.78 is 5.41. The van der Waals surface area contributed by atoms with Crippen molar-refractivity contribution in [2.45, 2.75) is 28.5 Å². The van der Waals surface area contributed by atoms with E-state index in [1.807, 2.05) is 42.6 Å². The Kier molecular flexibility index (Phi) is 4.81. The van der Waals surface area contributed by atoms with Gasteiger partial charge in [-0.25, -0.2) is 4.98 Å². The fraction of sp³-hybridized carbons (Fsp3) is 0.158. The maximum Gasteiger partial charge on any atom is 0.166 e. The smallest absolute Gasteiger partial charge is 0.166 e. The van der Waals surface area contributed by atoms with Crippen molar-refractivity contribution in [2.75, 3.05) is 0 Å². The number of pyridine rings is 1. The second-order valence-corrected chi connectivity index (χ2v) is 7.58. The monoisotopic (exact) mass is 367 g/mol. The number of benzene rings is 1. The molecule has 0 atom stereocenters. The van der Waals surface area contributed by atoms with E-state index in [4.69, 9.17) is 4.42 Å². The van der Waals surface area contributed by atoms with Crippen molar-refractivity contribution < 1.29 is 4.42 Å². The lowest BCUT2D eigenvalue weighted by atomic mass is 10.2. The summed E-state index contributed by atoms with van der Waals surface area (Å²) in [4.78, 5) is 13.8. The van der Waals surface area contributed by atoms with Crippen molar-refractivity contribution in [3.63, 3.8) is 0 Å². The second-order valence-electron chi connectivity index (χ2n) is 5.60. The topological polar surface area (TPSA) is 54.7 Å². The first-order valence-corrected chi connectivity index (χ1v) is 9.94. The molecule has 3 aromatic heterocycles. The molecule has 0 saturated heterocycles. The molecule has 0 radical (unpaired) electrons. The number of aromatic nitrogens is 3. The van der Waals surface area contributed by atoms with Crippen LogP contribution in [0.1, 0.15) is 17.0 Å². The lowest BCUT2D eigenvalue weighted by Crippen LogP contribution is -1.94. The molecule has 0 aliphatic carbocycles. The van der Waals surface area contributed by atoms with Crippen LogP contribution in [0, 0.1) is 6.92 Å². The molecule has 6 heteroatoms. The van der Waals surface area contributed by atoms with Crippen LogP contribution in [0.15, 0.2) is 69.4 Å². The molecule has 25 heavy (non-hydrogen) atoms. The molecule has 0 amide bonds. The molecule has 4 aromatic rings. The molecule has 0 aliphatic rings. The molecule has 1 N–H and O–H groups in total. The number of thioether (sulfide) groups is 2. The third-order valence-electron chi connectivity index (χ3n) is 3.92. The highest BCUT2D eigenvalue weighted by atomic mass is 32.2. The van der Waals surface area contributed by atoms with Gasteiger partial charge in [0, 0.05) is 16.8 Å². The van der Waals surface area contributed by atoms with Gasteiger partial charge < -0.3 is 9.40 Å². The zero-order valence-electron chi connectivity index (χ0n) is 13.7. The van der Waals surface area contributed by atoms with E-state index >= 15 is 0 Å². The lowest BCUT2D eigenvalue weighted by molar-refractivity contribution is 0.530. The van der Waals surface area contributed by atoms with Crippen LogP contribution in [0.4, 0.5) is 0 Å². The molecule has 0 saturated carbocycles. The number of hydrogen-bond donors (Lipinski definition) is 1. The van der Waals surface area contributed by atoms with Gasteiger partial charge in [-0.1, -0.05) is 23.9 Å². The number of nitrogens with one attached hydrogen (secondary N) is 1. The van der Waals surface area contributed by atoms with Crippen LogP contribution in [-0.4, -0.2) is 15.0 Å². The van der Waals surface area contributed by atoms with Crippen molar-refractivity contribution >= 4 is 34.6 Å². The molecular weight excluding hydrogens is 350 g/mol. The van der Waals surface area contributed by atoms with E-state index < -0.39 is 0 Å². The van der Waals surface area contributed by atoms with Crippen LogP contribution in [0.2, 0.25) is 0 Å². The Morgan fingerprint density at radius 2 is 1.96 bits per heavy atom. The van der Waals surface area contributed by atoms with E-state index in [9.17, 15) is 0 Å². The standard InChI is InChI=1S/C19H17N3OS2/c1-13-17(12-25-19-21-15-6-2-3-7-16(15)22-19)20-9-8-18(13)24-11-14-5-4-10-23-14/h2-10H,11-12H2,1H3,(H,21,22). The minimum Gasteiger partial charge on any atom is -0.468 e. The number of hydrogen-bond acceptors (Lipinski definition) is 5. The van der Waals surface area contributed by atoms with Gasteiger partial charge in [0.1, 0.15) is 5.76 Å². The van der Waals surface area contributed by atoms with Gasteiger partial charge in [-0.15, -0.1) is 11.8 Å². The largest absolute Gasteiger partial charge is 0.468 e. The van der Waals surface area contributed by atoms with Crippen LogP contribution < -0.4 is 0 Å². The zero-order valence-corrected chi connectivity index (χ0v) is 15.4. The highest BCUT2D eigenvalue weighted by Gasteiger charge is 2.09. The predicted molar refractivity (Wildman–Crippen MR) is 103 cm³/mol. The average Bonchev–Trinajstić information content (AvgIpc) is 3.29. The van der Waals surface area contributed by atoms with Gasteiger partial charge >= 0.3 is 0 Å². The molecule has 3 heterocycles. The fourth-order valence-corrected chi connectivity index (χ4v) is 4.40. The third kappa shape index (κ3) is 3.75. The highest BCUT2D eigenvalue weighted by molar-refractivity contribution is 7.98. The molecule has 1 aromatic carbocycles. The van der Waals surface area contributed by atoms with Gasteiger partial charge in [0.2, 0.25) is 0 Å². The minimum absolute atomic E-state index is 0.792. The Hall–Kier alpha value is -2.18. The van der Waals surface area contributed by atoms with Gasteiger partial charge in [0.15, 0.2) is 5.16 Å². The Morgan fingerprint density at radius 1 is 1.04 bits per heavy atom. The Labute approximate surface area is 154 Å². The number of imidazole rings is 1. The van der Waals surface area contributed by atoms with Gasteiger partial charge in [0.05, 0.1) is 28.7 Å². The zero-order chi connectivity index (χ0) is 17.1. The van der Waals surface area contributed by atoms with Crippen LogP contribution in [0.5, 0.6) is 0 Å². The van der Waals surface area contributed by atoms with Gasteiger partial charge in [-0.05, 0) is 42.8 Å². The molecule has 0 fully saturated rings. The maximum atomic E-state index is 5.41. The summed E-state index contributed by atoms with van der Waals surface area (Å²) in [5, 5.41) is 0.927. The third-order valence-corrected chi connectivity index (χ3v) is 5.99. The van der Waals surface area contributed by atoms with E-state index in [1.165, 1.54) is 10.5 Å². The Bertz CT molecular complexity index is 946. The number of fused-ring (bicyclic) bond motifs is 1. The SMILES string of the molecule is Cc1c(SCc2ccco2)ccnc1CSc1nc2ccccc2[nH]1. The van der Waals surface area contributed by atoms with Crippen molar-refractivity contribution in [1.82, 2.24) is 15.0 Å². The number of aromatic amines is 1. The van der Waals surface area contributed by atoms with Crippen LogP contribution in [0.25, 0.3) is 11.0 Å². The Balaban J connectivity index is 1.45. The Morgan fingerprint density at radius 3 is 2.80 bits per heavy atom. The average molecular weight is 367 g/mol. The normalized spacial score (nSPS) is 11.2. The van der Waals surface area contributed by atoms with Crippen molar-refractivity contribution in [3.8, 4) is 0 Å². The minimum atomic E-state index is 0.792. The number of para-hydroxylation sites is 2. The number of furan rings is 1. The summed E-state index contributed by atoms with van der Waals surface area (Å²) in [6, 6.07) is 14.1. The number of nitrogens with zero attached hydrogens (tertiary/aromatic N) is 2. The predicted octanol–water partition coefficient (Wildman–Crippen LogP) is 5.44. The van der Waals surface area contributed by atoms with Gasteiger partial charge in [-0.2, -0.15) is 0 Å². The molecule has 4 rings (SSSR count). The van der Waals surface area contributed by atoms with E-state index in [0.29, 0.717) is 0 Å². The van der Waals surface area contributed by atoms with E-state index in [-0.39, 0.29) is 0 Å². The second kappa shape index (κ2) is 7.37. The van der Waals surface area contributed by atoms with Gasteiger partial charge in [-0.3, -0.25) is 4.98 Å². The number of rotatable bonds is 6. The first kappa shape index (κ1) is 16.3. The van der Waals surface area contributed by atoms with E-state index in [2.05, 4.69) is 27.9 Å². The quantitative estimate of drug-likeness (QED) is 0.460.